The second kappa shape index (κ2) is 8.32. The van der Waals surface area contributed by atoms with Crippen LogP contribution in [0.3, 0.4) is 0 Å². The number of nitriles is 1. The predicted molar refractivity (Wildman–Crippen MR) is 124 cm³/mol. The molecule has 0 spiro atoms. The van der Waals surface area contributed by atoms with E-state index in [1.165, 1.54) is 17.5 Å². The quantitative estimate of drug-likeness (QED) is 0.411. The molecule has 4 aromatic rings. The van der Waals surface area contributed by atoms with Crippen molar-refractivity contribution < 1.29 is 4.74 Å². The summed E-state index contributed by atoms with van der Waals surface area (Å²) in [5.74, 6) is 1.26. The zero-order chi connectivity index (χ0) is 22.0. The molecule has 3 aromatic heterocycles. The van der Waals surface area contributed by atoms with Gasteiger partial charge in [0.25, 0.3) is 0 Å². The van der Waals surface area contributed by atoms with Crippen LogP contribution >= 0.6 is 11.9 Å². The fourth-order valence-corrected chi connectivity index (χ4v) is 3.91. The lowest BCUT2D eigenvalue weighted by Gasteiger charge is -2.19. The van der Waals surface area contributed by atoms with E-state index in [0.29, 0.717) is 17.1 Å². The first-order valence-corrected chi connectivity index (χ1v) is 10.7. The third-order valence-electron chi connectivity index (χ3n) is 4.98. The smallest absolute Gasteiger partial charge is 0.222 e. The highest BCUT2D eigenvalue weighted by molar-refractivity contribution is 8.00. The van der Waals surface area contributed by atoms with Gasteiger partial charge in [0.05, 0.1) is 29.4 Å². The molecule has 3 heterocycles. The summed E-state index contributed by atoms with van der Waals surface area (Å²) >= 11 is 1.50. The molecule has 0 aliphatic heterocycles. The minimum atomic E-state index is 0.120. The lowest BCUT2D eigenvalue weighted by molar-refractivity contribution is 0.399. The van der Waals surface area contributed by atoms with Crippen molar-refractivity contribution in [2.45, 2.75) is 31.1 Å². The summed E-state index contributed by atoms with van der Waals surface area (Å²) in [5, 5.41) is 14.3. The van der Waals surface area contributed by atoms with Gasteiger partial charge in [-0.15, -0.1) is 0 Å². The number of benzene rings is 1. The van der Waals surface area contributed by atoms with Crippen LogP contribution in [0.25, 0.3) is 16.8 Å². The summed E-state index contributed by atoms with van der Waals surface area (Å²) < 4.78 is 10.5. The number of nitrogens with zero attached hydrogens (tertiary/aromatic N) is 4. The Morgan fingerprint density at radius 2 is 1.87 bits per heavy atom. The van der Waals surface area contributed by atoms with Gasteiger partial charge >= 0.3 is 0 Å². The van der Waals surface area contributed by atoms with Crippen molar-refractivity contribution in [1.82, 2.24) is 14.6 Å². The van der Waals surface area contributed by atoms with Crippen molar-refractivity contribution >= 4 is 23.3 Å². The molecule has 0 saturated heterocycles. The van der Waals surface area contributed by atoms with Crippen LogP contribution in [0.4, 0.5) is 5.82 Å². The lowest BCUT2D eigenvalue weighted by Crippen LogP contribution is -2.10. The second-order valence-corrected chi connectivity index (χ2v) is 8.99. The maximum absolute atomic E-state index is 9.55. The molecule has 4 rings (SSSR count). The Balaban J connectivity index is 1.67. The largest absolute Gasteiger partial charge is 0.481 e. The van der Waals surface area contributed by atoms with Gasteiger partial charge in [-0.1, -0.05) is 32.9 Å². The molecule has 0 saturated carbocycles. The second-order valence-electron chi connectivity index (χ2n) is 8.11. The molecule has 0 radical (unpaired) electrons. The van der Waals surface area contributed by atoms with E-state index in [4.69, 9.17) is 9.84 Å². The molecule has 1 N–H and O–H groups in total. The first-order chi connectivity index (χ1) is 14.9. The number of hydrogen-bond donors (Lipinski definition) is 1. The average Bonchev–Trinajstić information content (AvgIpc) is 3.22. The van der Waals surface area contributed by atoms with E-state index in [1.807, 2.05) is 24.3 Å². The van der Waals surface area contributed by atoms with Crippen LogP contribution in [0.1, 0.15) is 31.9 Å². The fourth-order valence-electron chi connectivity index (χ4n) is 3.26. The monoisotopic (exact) mass is 429 g/mol. The van der Waals surface area contributed by atoms with Crippen molar-refractivity contribution in [2.75, 3.05) is 11.8 Å². The normalized spacial score (nSPS) is 11.3. The SMILES string of the molecule is COc1ncccc1-c1cc2c(C#N)ccc(NSc3ccc(C(C)(C)C)cc3)n2n1. The van der Waals surface area contributed by atoms with Gasteiger partial charge < -0.3 is 9.46 Å². The van der Waals surface area contributed by atoms with Crippen LogP contribution in [0.2, 0.25) is 0 Å². The maximum atomic E-state index is 9.55. The van der Waals surface area contributed by atoms with Crippen LogP contribution < -0.4 is 9.46 Å². The Hall–Kier alpha value is -3.50. The predicted octanol–water partition coefficient (Wildman–Crippen LogP) is 5.69. The van der Waals surface area contributed by atoms with Crippen molar-refractivity contribution in [3.63, 3.8) is 0 Å². The van der Waals surface area contributed by atoms with E-state index < -0.39 is 0 Å². The Bertz CT molecular complexity index is 1270. The number of anilines is 1. The summed E-state index contributed by atoms with van der Waals surface area (Å²) in [5.41, 5.74) is 4.14. The van der Waals surface area contributed by atoms with Crippen molar-refractivity contribution in [2.24, 2.45) is 0 Å². The lowest BCUT2D eigenvalue weighted by atomic mass is 9.87. The number of fused-ring (bicyclic) bond motifs is 1. The minimum Gasteiger partial charge on any atom is -0.481 e. The molecule has 0 bridgehead atoms. The van der Waals surface area contributed by atoms with Crippen LogP contribution in [0.15, 0.2) is 65.7 Å². The Morgan fingerprint density at radius 1 is 1.10 bits per heavy atom. The van der Waals surface area contributed by atoms with Crippen LogP contribution in [0.5, 0.6) is 5.88 Å². The average molecular weight is 430 g/mol. The van der Waals surface area contributed by atoms with Gasteiger partial charge in [-0.2, -0.15) is 10.4 Å². The zero-order valence-corrected chi connectivity index (χ0v) is 18.7. The Kier molecular flexibility index (Phi) is 5.57. The van der Waals surface area contributed by atoms with E-state index in [-0.39, 0.29) is 5.41 Å². The standard InChI is InChI=1S/C24H23N5OS/c1-24(2,3)17-8-10-18(11-9-17)31-28-22-12-7-16(15-25)21-14-20(27-29(21)22)19-6-5-13-26-23(19)30-4/h5-14,28H,1-4H3. The molecule has 0 atom stereocenters. The van der Waals surface area contributed by atoms with Crippen molar-refractivity contribution in [3.05, 3.63) is 71.9 Å². The highest BCUT2D eigenvalue weighted by Crippen LogP contribution is 2.31. The fraction of sp³-hybridized carbons (Fsp3) is 0.208. The first kappa shape index (κ1) is 20.8. The highest BCUT2D eigenvalue weighted by atomic mass is 32.2. The Morgan fingerprint density at radius 3 is 2.55 bits per heavy atom. The summed E-state index contributed by atoms with van der Waals surface area (Å²) in [4.78, 5) is 5.34. The summed E-state index contributed by atoms with van der Waals surface area (Å²) in [6.45, 7) is 6.61. The molecular formula is C24H23N5OS. The van der Waals surface area contributed by atoms with Gasteiger partial charge in [0.1, 0.15) is 11.9 Å². The molecule has 0 aliphatic rings. The number of aromatic nitrogens is 3. The van der Waals surface area contributed by atoms with Gasteiger partial charge in [0, 0.05) is 11.1 Å². The molecule has 0 amide bonds. The summed E-state index contributed by atoms with van der Waals surface area (Å²) in [6, 6.07) is 20.0. The molecule has 0 unspecified atom stereocenters. The highest BCUT2D eigenvalue weighted by Gasteiger charge is 2.16. The maximum Gasteiger partial charge on any atom is 0.222 e. The van der Waals surface area contributed by atoms with E-state index in [9.17, 15) is 5.26 Å². The van der Waals surface area contributed by atoms with E-state index in [2.05, 4.69) is 60.8 Å². The first-order valence-electron chi connectivity index (χ1n) is 9.86. The molecule has 1 aromatic carbocycles. The van der Waals surface area contributed by atoms with Crippen molar-refractivity contribution in [1.29, 1.82) is 5.26 Å². The molecule has 0 fully saturated rings. The number of ether oxygens (including phenoxy) is 1. The van der Waals surface area contributed by atoms with E-state index in [1.54, 1.807) is 23.9 Å². The molecule has 0 aliphatic carbocycles. The van der Waals surface area contributed by atoms with E-state index >= 15 is 0 Å². The third-order valence-corrected chi connectivity index (χ3v) is 5.80. The number of rotatable bonds is 5. The molecule has 31 heavy (non-hydrogen) atoms. The Labute approximate surface area is 186 Å². The number of pyridine rings is 2. The summed E-state index contributed by atoms with van der Waals surface area (Å²) in [7, 11) is 1.58. The molecule has 6 nitrogen and oxygen atoms in total. The molecular weight excluding hydrogens is 406 g/mol. The van der Waals surface area contributed by atoms with Crippen molar-refractivity contribution in [3.8, 4) is 23.2 Å². The summed E-state index contributed by atoms with van der Waals surface area (Å²) in [6.07, 6.45) is 1.67. The van der Waals surface area contributed by atoms with Gasteiger partial charge in [0.15, 0.2) is 0 Å². The van der Waals surface area contributed by atoms with Crippen LogP contribution in [0, 0.1) is 11.3 Å². The number of methoxy groups -OCH3 is 1. The minimum absolute atomic E-state index is 0.120. The molecule has 7 heteroatoms. The van der Waals surface area contributed by atoms with Crippen LogP contribution in [-0.2, 0) is 5.41 Å². The number of hydrogen-bond acceptors (Lipinski definition) is 6. The van der Waals surface area contributed by atoms with Crippen LogP contribution in [-0.4, -0.2) is 21.7 Å². The third kappa shape index (κ3) is 4.21. The van der Waals surface area contributed by atoms with Gasteiger partial charge in [0.2, 0.25) is 5.88 Å². The molecule has 156 valence electrons. The topological polar surface area (TPSA) is 75.2 Å². The van der Waals surface area contributed by atoms with Gasteiger partial charge in [-0.3, -0.25) is 0 Å². The van der Waals surface area contributed by atoms with Gasteiger partial charge in [-0.25, -0.2) is 9.50 Å². The zero-order valence-electron chi connectivity index (χ0n) is 17.9. The van der Waals surface area contributed by atoms with E-state index in [0.717, 1.165) is 21.8 Å². The number of nitrogens with one attached hydrogen (secondary N) is 1. The van der Waals surface area contributed by atoms with Gasteiger partial charge in [-0.05, 0) is 65.4 Å².